The van der Waals surface area contributed by atoms with E-state index in [0.29, 0.717) is 0 Å². The van der Waals surface area contributed by atoms with Crippen molar-refractivity contribution in [3.63, 3.8) is 0 Å². The maximum absolute atomic E-state index is 3.82. The van der Waals surface area contributed by atoms with Gasteiger partial charge in [0.05, 0.1) is 0 Å². The van der Waals surface area contributed by atoms with Crippen LogP contribution in [0.25, 0.3) is 0 Å². The van der Waals surface area contributed by atoms with Crippen LogP contribution in [0.1, 0.15) is 64.7 Å². The maximum atomic E-state index is 3.82. The summed E-state index contributed by atoms with van der Waals surface area (Å²) < 4.78 is 0. The van der Waals surface area contributed by atoms with Crippen molar-refractivity contribution < 1.29 is 0 Å². The van der Waals surface area contributed by atoms with Crippen molar-refractivity contribution in [3.8, 4) is 0 Å². The van der Waals surface area contributed by atoms with Crippen LogP contribution in [-0.4, -0.2) is 0 Å². The molecule has 0 atom stereocenters. The van der Waals surface area contributed by atoms with E-state index in [1.54, 1.807) is 0 Å². The molecule has 17 heavy (non-hydrogen) atoms. The van der Waals surface area contributed by atoms with Gasteiger partial charge in [-0.1, -0.05) is 82.4 Å². The van der Waals surface area contributed by atoms with Crippen molar-refractivity contribution >= 4 is 0 Å². The molecule has 0 N–H and O–H groups in total. The van der Waals surface area contributed by atoms with Crippen LogP contribution < -0.4 is 0 Å². The molecule has 97 valence electrons. The molecule has 0 unspecified atom stereocenters. The van der Waals surface area contributed by atoms with Crippen molar-refractivity contribution in [3.05, 3.63) is 43.4 Å². The molecule has 0 saturated carbocycles. The summed E-state index contributed by atoms with van der Waals surface area (Å²) >= 11 is 0. The first-order chi connectivity index (χ1) is 8.41. The zero-order chi connectivity index (χ0) is 12.6. The summed E-state index contributed by atoms with van der Waals surface area (Å²) in [5.41, 5.74) is 0. The second-order valence-corrected chi connectivity index (χ2v) is 4.44. The van der Waals surface area contributed by atoms with Crippen LogP contribution in [0.2, 0.25) is 0 Å². The van der Waals surface area contributed by atoms with Gasteiger partial charge in [0.25, 0.3) is 0 Å². The Kier molecular flexibility index (Phi) is 14.5. The molecule has 0 rings (SSSR count). The average Bonchev–Trinajstić information content (AvgIpc) is 2.35. The van der Waals surface area contributed by atoms with E-state index in [2.05, 4.69) is 50.3 Å². The lowest BCUT2D eigenvalue weighted by Gasteiger charge is -1.95. The third kappa shape index (κ3) is 15.2. The van der Waals surface area contributed by atoms with E-state index in [1.807, 2.05) is 0 Å². The maximum Gasteiger partial charge on any atom is -0.0348 e. The van der Waals surface area contributed by atoms with E-state index in [1.165, 1.54) is 44.9 Å². The van der Waals surface area contributed by atoms with Crippen molar-refractivity contribution in [1.29, 1.82) is 0 Å². The van der Waals surface area contributed by atoms with E-state index in [9.17, 15) is 0 Å². The summed E-state index contributed by atoms with van der Waals surface area (Å²) in [6.45, 7) is 6.08. The Morgan fingerprint density at radius 2 is 1.29 bits per heavy atom. The first kappa shape index (κ1) is 16.2. The Labute approximate surface area is 109 Å². The van der Waals surface area contributed by atoms with Crippen LogP contribution >= 0.6 is 0 Å². The van der Waals surface area contributed by atoms with E-state index in [-0.39, 0.29) is 0 Å². The fraction of sp³-hybridized carbons (Fsp3) is 0.588. The normalized spacial score (nSPS) is 12.4. The molecule has 0 aromatic rings. The Hall–Kier alpha value is -0.780. The van der Waals surface area contributed by atoms with Gasteiger partial charge in [0.15, 0.2) is 0 Å². The van der Waals surface area contributed by atoms with Crippen LogP contribution in [0.4, 0.5) is 0 Å². The predicted octanol–water partition coefficient (Wildman–Crippen LogP) is 6.02. The largest absolute Gasteiger partial charge is 0.0845 e. The highest BCUT2D eigenvalue weighted by atomic mass is 13.9. The molecular formula is C17H29. The van der Waals surface area contributed by atoms with Gasteiger partial charge < -0.3 is 0 Å². The molecule has 0 bridgehead atoms. The highest BCUT2D eigenvalue weighted by Crippen LogP contribution is 2.05. The SMILES string of the molecule is [CH2]CCCC=CC=CC=CCCCCCCC. The smallest absolute Gasteiger partial charge is 0.0348 e. The van der Waals surface area contributed by atoms with Gasteiger partial charge in [-0.15, -0.1) is 0 Å². The zero-order valence-electron chi connectivity index (χ0n) is 11.5. The minimum atomic E-state index is 1.03. The summed E-state index contributed by atoms with van der Waals surface area (Å²) in [5, 5.41) is 0. The molecule has 0 amide bonds. The Bertz CT molecular complexity index is 208. The van der Waals surface area contributed by atoms with Gasteiger partial charge in [-0.2, -0.15) is 0 Å². The predicted molar refractivity (Wildman–Crippen MR) is 80.0 cm³/mol. The van der Waals surface area contributed by atoms with Crippen LogP contribution in [0.3, 0.4) is 0 Å². The molecule has 0 aromatic carbocycles. The molecule has 0 aliphatic rings. The Morgan fingerprint density at radius 3 is 1.88 bits per heavy atom. The van der Waals surface area contributed by atoms with Crippen LogP contribution in [0, 0.1) is 6.92 Å². The van der Waals surface area contributed by atoms with Crippen LogP contribution in [0.15, 0.2) is 36.5 Å². The molecule has 0 aromatic heterocycles. The van der Waals surface area contributed by atoms with Gasteiger partial charge in [0.2, 0.25) is 0 Å². The van der Waals surface area contributed by atoms with Crippen molar-refractivity contribution in [2.45, 2.75) is 64.7 Å². The highest BCUT2D eigenvalue weighted by Gasteiger charge is 1.85. The number of rotatable bonds is 11. The fourth-order valence-corrected chi connectivity index (χ4v) is 1.61. The van der Waals surface area contributed by atoms with Crippen molar-refractivity contribution in [2.24, 2.45) is 0 Å². The highest BCUT2D eigenvalue weighted by molar-refractivity contribution is 5.10. The van der Waals surface area contributed by atoms with Gasteiger partial charge in [-0.3, -0.25) is 0 Å². The van der Waals surface area contributed by atoms with Crippen molar-refractivity contribution in [1.82, 2.24) is 0 Å². The lowest BCUT2D eigenvalue weighted by molar-refractivity contribution is 0.637. The van der Waals surface area contributed by atoms with E-state index >= 15 is 0 Å². The molecule has 0 heteroatoms. The van der Waals surface area contributed by atoms with Crippen molar-refractivity contribution in [2.75, 3.05) is 0 Å². The summed E-state index contributed by atoms with van der Waals surface area (Å²) in [6.07, 6.45) is 24.4. The number of unbranched alkanes of at least 4 members (excludes halogenated alkanes) is 7. The standard InChI is InChI=1S/C17H29/c1-3-5-7-9-11-13-15-17-16-14-12-10-8-6-4-2/h9,11,13,15-17H,1,3-8,10,12,14H2,2H3. The number of hydrogen-bond acceptors (Lipinski definition) is 0. The second-order valence-electron chi connectivity index (χ2n) is 4.44. The summed E-state index contributed by atoms with van der Waals surface area (Å²) in [7, 11) is 0. The Morgan fingerprint density at radius 1 is 0.706 bits per heavy atom. The quantitative estimate of drug-likeness (QED) is 0.302. The minimum Gasteiger partial charge on any atom is -0.0845 e. The van der Waals surface area contributed by atoms with Gasteiger partial charge in [-0.25, -0.2) is 0 Å². The first-order valence-electron chi connectivity index (χ1n) is 7.19. The lowest BCUT2D eigenvalue weighted by atomic mass is 10.1. The molecule has 0 saturated heterocycles. The van der Waals surface area contributed by atoms with Gasteiger partial charge >= 0.3 is 0 Å². The molecular weight excluding hydrogens is 204 g/mol. The Balaban J connectivity index is 3.28. The van der Waals surface area contributed by atoms with Gasteiger partial charge in [0.1, 0.15) is 0 Å². The fourth-order valence-electron chi connectivity index (χ4n) is 1.61. The molecule has 0 aliphatic heterocycles. The van der Waals surface area contributed by atoms with Crippen LogP contribution in [0.5, 0.6) is 0 Å². The first-order valence-corrected chi connectivity index (χ1v) is 7.19. The minimum absolute atomic E-state index is 1.03. The summed E-state index contributed by atoms with van der Waals surface area (Å²) in [6, 6.07) is 0. The van der Waals surface area contributed by atoms with Crippen LogP contribution in [-0.2, 0) is 0 Å². The number of allylic oxidation sites excluding steroid dienone is 6. The third-order valence-electron chi connectivity index (χ3n) is 2.70. The summed E-state index contributed by atoms with van der Waals surface area (Å²) in [4.78, 5) is 0. The second kappa shape index (κ2) is 15.2. The average molecular weight is 233 g/mol. The lowest BCUT2D eigenvalue weighted by Crippen LogP contribution is -1.75. The summed E-state index contributed by atoms with van der Waals surface area (Å²) in [5.74, 6) is 0. The molecule has 0 nitrogen and oxygen atoms in total. The number of hydrogen-bond donors (Lipinski definition) is 0. The molecule has 0 heterocycles. The van der Waals surface area contributed by atoms with Gasteiger partial charge in [0, 0.05) is 0 Å². The molecule has 0 aliphatic carbocycles. The van der Waals surface area contributed by atoms with E-state index in [4.69, 9.17) is 0 Å². The monoisotopic (exact) mass is 233 g/mol. The van der Waals surface area contributed by atoms with Gasteiger partial charge in [-0.05, 0) is 25.7 Å². The molecule has 0 spiro atoms. The van der Waals surface area contributed by atoms with E-state index in [0.717, 1.165) is 12.8 Å². The third-order valence-corrected chi connectivity index (χ3v) is 2.70. The molecule has 1 radical (unpaired) electrons. The van der Waals surface area contributed by atoms with E-state index < -0.39 is 0 Å². The topological polar surface area (TPSA) is 0 Å². The molecule has 0 fully saturated rings. The zero-order valence-corrected chi connectivity index (χ0v) is 11.5.